The number of hydrogen-bond acceptors (Lipinski definition) is 5. The summed E-state index contributed by atoms with van der Waals surface area (Å²) in [5, 5.41) is 0.454. The number of aromatic nitrogens is 2. The van der Waals surface area contributed by atoms with Gasteiger partial charge in [-0.1, -0.05) is 30.3 Å². The molecule has 20 heavy (non-hydrogen) atoms. The van der Waals surface area contributed by atoms with E-state index in [0.717, 1.165) is 22.2 Å². The first-order chi connectivity index (χ1) is 9.83. The van der Waals surface area contributed by atoms with Crippen LogP contribution in [0, 0.1) is 0 Å². The summed E-state index contributed by atoms with van der Waals surface area (Å²) in [6, 6.07) is 15.6. The van der Waals surface area contributed by atoms with Gasteiger partial charge in [-0.3, -0.25) is 4.79 Å². The lowest BCUT2D eigenvalue weighted by Crippen LogP contribution is -1.92. The number of hydrogen-bond donors (Lipinski definition) is 0. The first-order valence-electron chi connectivity index (χ1n) is 5.97. The Morgan fingerprint density at radius 2 is 1.70 bits per heavy atom. The Kier molecular flexibility index (Phi) is 3.90. The zero-order valence-electron chi connectivity index (χ0n) is 10.4. The van der Waals surface area contributed by atoms with Crippen LogP contribution in [0.5, 0.6) is 0 Å². The molecule has 0 saturated heterocycles. The Morgan fingerprint density at radius 3 is 2.45 bits per heavy atom. The first-order valence-corrected chi connectivity index (χ1v) is 7.61. The summed E-state index contributed by atoms with van der Waals surface area (Å²) in [5.41, 5.74) is 1.12. The Hall–Kier alpha value is -1.98. The number of thioether (sulfide) groups is 1. The highest BCUT2D eigenvalue weighted by atomic mass is 32.2. The van der Waals surface area contributed by atoms with E-state index >= 15 is 0 Å². The molecule has 0 N–H and O–H groups in total. The van der Waals surface area contributed by atoms with Crippen LogP contribution in [-0.4, -0.2) is 15.1 Å². The molecule has 2 aromatic heterocycles. The second-order valence-corrected chi connectivity index (χ2v) is 5.97. The lowest BCUT2D eigenvalue weighted by molar-refractivity contribution is 0.109. The molecule has 0 fully saturated rings. The van der Waals surface area contributed by atoms with Crippen molar-refractivity contribution in [2.24, 2.45) is 0 Å². The number of rotatable bonds is 3. The summed E-state index contributed by atoms with van der Waals surface area (Å²) < 4.78 is 0. The van der Waals surface area contributed by atoms with E-state index in [2.05, 4.69) is 9.97 Å². The molecule has 3 rings (SSSR count). The van der Waals surface area contributed by atoms with Crippen molar-refractivity contribution in [2.45, 2.75) is 5.16 Å². The van der Waals surface area contributed by atoms with Gasteiger partial charge in [0.05, 0.1) is 4.88 Å². The molecule has 5 heteroatoms. The van der Waals surface area contributed by atoms with Gasteiger partial charge < -0.3 is 0 Å². The third-order valence-corrected chi connectivity index (χ3v) is 4.65. The SMILES string of the molecule is O=C(Sc1ncccn1)c1ccc(-c2ccccc2)s1. The minimum atomic E-state index is -0.0246. The molecular formula is C15H10N2OS2. The van der Waals surface area contributed by atoms with Gasteiger partial charge in [-0.05, 0) is 35.5 Å². The molecule has 0 atom stereocenters. The van der Waals surface area contributed by atoms with E-state index in [-0.39, 0.29) is 5.12 Å². The summed E-state index contributed by atoms with van der Waals surface area (Å²) in [6.07, 6.45) is 3.26. The average Bonchev–Trinajstić information content (AvgIpc) is 2.99. The van der Waals surface area contributed by atoms with Crippen molar-refractivity contribution in [2.75, 3.05) is 0 Å². The lowest BCUT2D eigenvalue weighted by Gasteiger charge is -1.96. The van der Waals surface area contributed by atoms with Crippen LogP contribution in [-0.2, 0) is 0 Å². The quantitative estimate of drug-likeness (QED) is 0.538. The first kappa shape index (κ1) is 13.0. The van der Waals surface area contributed by atoms with Crippen molar-refractivity contribution in [3.63, 3.8) is 0 Å². The summed E-state index contributed by atoms with van der Waals surface area (Å²) in [4.78, 5) is 22.0. The molecular weight excluding hydrogens is 288 g/mol. The van der Waals surface area contributed by atoms with E-state index < -0.39 is 0 Å². The molecule has 0 radical (unpaired) electrons. The average molecular weight is 298 g/mol. The van der Waals surface area contributed by atoms with Crippen LogP contribution in [0.25, 0.3) is 10.4 Å². The van der Waals surface area contributed by atoms with E-state index in [1.54, 1.807) is 18.5 Å². The van der Waals surface area contributed by atoms with Crippen molar-refractivity contribution in [3.8, 4) is 10.4 Å². The maximum atomic E-state index is 12.2. The van der Waals surface area contributed by atoms with Crippen molar-refractivity contribution in [1.29, 1.82) is 0 Å². The van der Waals surface area contributed by atoms with Gasteiger partial charge in [0.25, 0.3) is 0 Å². The molecule has 1 aromatic carbocycles. The monoisotopic (exact) mass is 298 g/mol. The molecule has 0 spiro atoms. The van der Waals surface area contributed by atoms with Crippen LogP contribution in [0.1, 0.15) is 9.67 Å². The fraction of sp³-hybridized carbons (Fsp3) is 0. The number of nitrogens with zero attached hydrogens (tertiary/aromatic N) is 2. The standard InChI is InChI=1S/C15H10N2OS2/c18-14(20-15-16-9-4-10-17-15)13-8-7-12(19-13)11-5-2-1-3-6-11/h1-10H. The third-order valence-electron chi connectivity index (χ3n) is 2.59. The van der Waals surface area contributed by atoms with Crippen LogP contribution in [0.3, 0.4) is 0 Å². The Balaban J connectivity index is 1.79. The van der Waals surface area contributed by atoms with Crippen LogP contribution in [0.2, 0.25) is 0 Å². The van der Waals surface area contributed by atoms with Gasteiger partial charge in [-0.25, -0.2) is 9.97 Å². The molecule has 0 aliphatic rings. The molecule has 2 heterocycles. The van der Waals surface area contributed by atoms with Crippen molar-refractivity contribution in [1.82, 2.24) is 9.97 Å². The van der Waals surface area contributed by atoms with Crippen LogP contribution in [0.4, 0.5) is 0 Å². The van der Waals surface area contributed by atoms with E-state index in [1.807, 2.05) is 42.5 Å². The number of carbonyl (C=O) groups is 1. The number of thiophene rings is 1. The fourth-order valence-electron chi connectivity index (χ4n) is 1.68. The van der Waals surface area contributed by atoms with Gasteiger partial charge in [0.2, 0.25) is 5.12 Å². The van der Waals surface area contributed by atoms with Gasteiger partial charge in [-0.2, -0.15) is 0 Å². The molecule has 0 aliphatic carbocycles. The van der Waals surface area contributed by atoms with Crippen molar-refractivity contribution < 1.29 is 4.79 Å². The highest BCUT2D eigenvalue weighted by Gasteiger charge is 2.13. The summed E-state index contributed by atoms with van der Waals surface area (Å²) >= 11 is 2.54. The fourth-order valence-corrected chi connectivity index (χ4v) is 3.33. The Morgan fingerprint density at radius 1 is 0.950 bits per heavy atom. The molecule has 0 amide bonds. The molecule has 0 saturated carbocycles. The summed E-state index contributed by atoms with van der Waals surface area (Å²) in [7, 11) is 0. The number of benzene rings is 1. The summed E-state index contributed by atoms with van der Waals surface area (Å²) in [6.45, 7) is 0. The summed E-state index contributed by atoms with van der Waals surface area (Å²) in [5.74, 6) is 0. The van der Waals surface area contributed by atoms with E-state index in [1.165, 1.54) is 11.3 Å². The molecule has 0 aliphatic heterocycles. The van der Waals surface area contributed by atoms with Crippen LogP contribution in [0.15, 0.2) is 66.1 Å². The molecule has 3 nitrogen and oxygen atoms in total. The zero-order chi connectivity index (χ0) is 13.8. The molecule has 98 valence electrons. The topological polar surface area (TPSA) is 42.9 Å². The van der Waals surface area contributed by atoms with Gasteiger partial charge in [0, 0.05) is 17.3 Å². The zero-order valence-corrected chi connectivity index (χ0v) is 12.0. The van der Waals surface area contributed by atoms with E-state index in [9.17, 15) is 4.79 Å². The second-order valence-electron chi connectivity index (χ2n) is 3.95. The third kappa shape index (κ3) is 2.95. The largest absolute Gasteiger partial charge is 0.280 e. The van der Waals surface area contributed by atoms with E-state index in [4.69, 9.17) is 0 Å². The second kappa shape index (κ2) is 5.98. The molecule has 3 aromatic rings. The van der Waals surface area contributed by atoms with Gasteiger partial charge in [0.1, 0.15) is 0 Å². The van der Waals surface area contributed by atoms with E-state index in [0.29, 0.717) is 10.0 Å². The Bertz CT molecular complexity index is 711. The normalized spacial score (nSPS) is 10.4. The van der Waals surface area contributed by atoms with Crippen molar-refractivity contribution in [3.05, 3.63) is 65.8 Å². The molecule has 0 unspecified atom stereocenters. The van der Waals surface area contributed by atoms with Crippen LogP contribution < -0.4 is 0 Å². The smallest absolute Gasteiger partial charge is 0.237 e. The number of carbonyl (C=O) groups excluding carboxylic acids is 1. The molecule has 0 bridgehead atoms. The van der Waals surface area contributed by atoms with Gasteiger partial charge in [0.15, 0.2) is 5.16 Å². The van der Waals surface area contributed by atoms with Crippen molar-refractivity contribution >= 4 is 28.2 Å². The minimum absolute atomic E-state index is 0.0246. The lowest BCUT2D eigenvalue weighted by atomic mass is 10.2. The maximum Gasteiger partial charge on any atom is 0.237 e. The maximum absolute atomic E-state index is 12.2. The predicted molar refractivity (Wildman–Crippen MR) is 82.0 cm³/mol. The van der Waals surface area contributed by atoms with Crippen LogP contribution >= 0.6 is 23.1 Å². The Labute approximate surface area is 124 Å². The minimum Gasteiger partial charge on any atom is -0.280 e. The predicted octanol–water partition coefficient (Wildman–Crippen LogP) is 4.14. The van der Waals surface area contributed by atoms with Gasteiger partial charge >= 0.3 is 0 Å². The highest BCUT2D eigenvalue weighted by molar-refractivity contribution is 8.14. The van der Waals surface area contributed by atoms with Gasteiger partial charge in [-0.15, -0.1) is 11.3 Å². The highest BCUT2D eigenvalue weighted by Crippen LogP contribution is 2.31.